The molecule has 0 unspecified atom stereocenters. The van der Waals surface area contributed by atoms with Crippen molar-refractivity contribution in [3.63, 3.8) is 0 Å². The molecule has 0 bridgehead atoms. The number of methoxy groups -OCH3 is 1. The van der Waals surface area contributed by atoms with E-state index in [1.807, 2.05) is 0 Å². The van der Waals surface area contributed by atoms with Gasteiger partial charge in [-0.15, -0.1) is 0 Å². The van der Waals surface area contributed by atoms with Crippen LogP contribution in [-0.2, 0) is 0 Å². The van der Waals surface area contributed by atoms with Crippen LogP contribution >= 0.6 is 23.2 Å². The molecule has 0 fully saturated rings. The summed E-state index contributed by atoms with van der Waals surface area (Å²) in [5, 5.41) is 7.66. The van der Waals surface area contributed by atoms with Gasteiger partial charge in [0, 0.05) is 10.7 Å². The molecule has 8 heteroatoms. The number of benzene rings is 3. The van der Waals surface area contributed by atoms with Crippen LogP contribution < -0.4 is 15.5 Å². The van der Waals surface area contributed by atoms with Gasteiger partial charge < -0.3 is 10.1 Å². The second kappa shape index (κ2) is 10.1. The first-order chi connectivity index (χ1) is 14.9. The highest BCUT2D eigenvalue weighted by molar-refractivity contribution is 6.37. The number of ether oxygens (including phenoxy) is 1. The zero-order chi connectivity index (χ0) is 22.4. The van der Waals surface area contributed by atoms with Gasteiger partial charge in [-0.2, -0.15) is 5.10 Å². The van der Waals surface area contributed by atoms with Crippen LogP contribution in [0.2, 0.25) is 10.0 Å². The van der Waals surface area contributed by atoms with Crippen molar-refractivity contribution in [3.05, 3.63) is 93.5 Å². The van der Waals surface area contributed by atoms with E-state index in [-0.39, 0.29) is 16.8 Å². The second-order valence-corrected chi connectivity index (χ2v) is 7.34. The average Bonchev–Trinajstić information content (AvgIpc) is 2.77. The Morgan fingerprint density at radius 1 is 0.903 bits per heavy atom. The summed E-state index contributed by atoms with van der Waals surface area (Å²) < 4.78 is 5.19. The van der Waals surface area contributed by atoms with Crippen molar-refractivity contribution in [3.8, 4) is 5.75 Å². The van der Waals surface area contributed by atoms with E-state index in [0.717, 1.165) is 5.56 Å². The number of para-hydroxylation sites is 1. The van der Waals surface area contributed by atoms with Crippen molar-refractivity contribution in [2.75, 3.05) is 12.4 Å². The molecule has 3 aromatic carbocycles. The summed E-state index contributed by atoms with van der Waals surface area (Å²) in [6.45, 7) is 1.77. The number of halogens is 2. The number of hydrazone groups is 1. The summed E-state index contributed by atoms with van der Waals surface area (Å²) in [6, 6.07) is 18.6. The maximum Gasteiger partial charge on any atom is 0.275 e. The van der Waals surface area contributed by atoms with Gasteiger partial charge in [-0.1, -0.05) is 47.5 Å². The molecule has 0 saturated heterocycles. The number of hydrogen-bond acceptors (Lipinski definition) is 4. The van der Waals surface area contributed by atoms with Gasteiger partial charge in [-0.3, -0.25) is 9.59 Å². The molecule has 6 nitrogen and oxygen atoms in total. The summed E-state index contributed by atoms with van der Waals surface area (Å²) >= 11 is 11.9. The molecule has 0 aliphatic rings. The number of carbonyl (C=O) groups excluding carboxylic acids is 2. The van der Waals surface area contributed by atoms with Gasteiger partial charge in [0.05, 0.1) is 29.0 Å². The maximum absolute atomic E-state index is 12.4. The highest BCUT2D eigenvalue weighted by Gasteiger charge is 2.12. The van der Waals surface area contributed by atoms with Crippen LogP contribution in [0.4, 0.5) is 5.69 Å². The Morgan fingerprint density at radius 3 is 2.29 bits per heavy atom. The lowest BCUT2D eigenvalue weighted by molar-refractivity contribution is 0.0951. The molecule has 3 rings (SSSR count). The minimum absolute atomic E-state index is 0.274. The lowest BCUT2D eigenvalue weighted by Gasteiger charge is -2.09. The molecule has 0 atom stereocenters. The van der Waals surface area contributed by atoms with Crippen molar-refractivity contribution in [1.82, 2.24) is 5.43 Å². The van der Waals surface area contributed by atoms with E-state index >= 15 is 0 Å². The number of carbonyl (C=O) groups is 2. The molecule has 0 saturated carbocycles. The van der Waals surface area contributed by atoms with E-state index in [1.54, 1.807) is 67.6 Å². The molecule has 0 spiro atoms. The lowest BCUT2D eigenvalue weighted by atomic mass is 10.1. The van der Waals surface area contributed by atoms with Gasteiger partial charge in [0.1, 0.15) is 5.75 Å². The van der Waals surface area contributed by atoms with Gasteiger partial charge >= 0.3 is 0 Å². The normalized spacial score (nSPS) is 11.0. The Labute approximate surface area is 189 Å². The van der Waals surface area contributed by atoms with E-state index in [4.69, 9.17) is 27.9 Å². The second-order valence-electron chi connectivity index (χ2n) is 6.49. The zero-order valence-electron chi connectivity index (χ0n) is 16.8. The molecule has 0 radical (unpaired) electrons. The summed E-state index contributed by atoms with van der Waals surface area (Å²) in [6.07, 6.45) is 0. The van der Waals surface area contributed by atoms with Crippen LogP contribution in [0.25, 0.3) is 0 Å². The maximum atomic E-state index is 12.4. The Bertz CT molecular complexity index is 1150. The van der Waals surface area contributed by atoms with Crippen LogP contribution in [0, 0.1) is 0 Å². The van der Waals surface area contributed by atoms with E-state index < -0.39 is 0 Å². The van der Waals surface area contributed by atoms with Crippen molar-refractivity contribution in [2.24, 2.45) is 5.10 Å². The minimum Gasteiger partial charge on any atom is -0.496 e. The van der Waals surface area contributed by atoms with Crippen LogP contribution in [0.3, 0.4) is 0 Å². The summed E-state index contributed by atoms with van der Waals surface area (Å²) in [5.41, 5.74) is 5.21. The highest BCUT2D eigenvalue weighted by Crippen LogP contribution is 2.22. The topological polar surface area (TPSA) is 79.8 Å². The fourth-order valence-electron chi connectivity index (χ4n) is 2.76. The third-order valence-corrected chi connectivity index (χ3v) is 4.96. The van der Waals surface area contributed by atoms with Crippen molar-refractivity contribution >= 4 is 46.4 Å². The molecular formula is C23H19Cl2N3O3. The first-order valence-electron chi connectivity index (χ1n) is 9.23. The number of nitrogens with one attached hydrogen (secondary N) is 2. The first-order valence-corrected chi connectivity index (χ1v) is 9.99. The molecule has 2 amide bonds. The standard InChI is InChI=1S/C23H19Cl2N3O3/c1-14(27-28-23(30)19-5-3-4-6-21(19)31-2)15-7-10-17(11-8-15)26-22(29)18-12-9-16(24)13-20(18)25/h3-13H,1-2H3,(H,26,29)(H,28,30)/b27-14-. The molecule has 31 heavy (non-hydrogen) atoms. The molecule has 3 aromatic rings. The van der Waals surface area contributed by atoms with Crippen molar-refractivity contribution in [2.45, 2.75) is 6.92 Å². The van der Waals surface area contributed by atoms with Gasteiger partial charge in [-0.05, 0) is 55.0 Å². The molecule has 0 aliphatic carbocycles. The summed E-state index contributed by atoms with van der Waals surface area (Å²) in [7, 11) is 1.50. The van der Waals surface area contributed by atoms with Crippen LogP contribution in [0.5, 0.6) is 5.75 Å². The summed E-state index contributed by atoms with van der Waals surface area (Å²) in [4.78, 5) is 24.8. The molecule has 0 heterocycles. The van der Waals surface area contributed by atoms with Gasteiger partial charge in [0.25, 0.3) is 11.8 Å². The zero-order valence-corrected chi connectivity index (χ0v) is 18.3. The Kier molecular flexibility index (Phi) is 7.28. The smallest absolute Gasteiger partial charge is 0.275 e. The van der Waals surface area contributed by atoms with Gasteiger partial charge in [-0.25, -0.2) is 5.43 Å². The van der Waals surface area contributed by atoms with E-state index in [9.17, 15) is 9.59 Å². The van der Waals surface area contributed by atoms with E-state index in [2.05, 4.69) is 15.8 Å². The van der Waals surface area contributed by atoms with Gasteiger partial charge in [0.2, 0.25) is 0 Å². The number of rotatable bonds is 6. The van der Waals surface area contributed by atoms with Crippen LogP contribution in [0.15, 0.2) is 71.8 Å². The van der Waals surface area contributed by atoms with Crippen LogP contribution in [-0.4, -0.2) is 24.6 Å². The predicted octanol–water partition coefficient (Wildman–Crippen LogP) is 5.41. The summed E-state index contributed by atoms with van der Waals surface area (Å²) in [5.74, 6) is -0.252. The first kappa shape index (κ1) is 22.3. The molecule has 0 aromatic heterocycles. The Balaban J connectivity index is 1.66. The minimum atomic E-state index is -0.375. The molecule has 158 valence electrons. The highest BCUT2D eigenvalue weighted by atomic mass is 35.5. The lowest BCUT2D eigenvalue weighted by Crippen LogP contribution is -2.20. The van der Waals surface area contributed by atoms with E-state index in [0.29, 0.717) is 33.3 Å². The molecule has 0 aliphatic heterocycles. The van der Waals surface area contributed by atoms with E-state index in [1.165, 1.54) is 13.2 Å². The van der Waals surface area contributed by atoms with Crippen molar-refractivity contribution in [1.29, 1.82) is 0 Å². The third-order valence-electron chi connectivity index (χ3n) is 4.41. The number of anilines is 1. The molecule has 2 N–H and O–H groups in total. The Morgan fingerprint density at radius 2 is 1.61 bits per heavy atom. The predicted molar refractivity (Wildman–Crippen MR) is 124 cm³/mol. The number of amides is 2. The van der Waals surface area contributed by atoms with Crippen molar-refractivity contribution < 1.29 is 14.3 Å². The van der Waals surface area contributed by atoms with Crippen LogP contribution in [0.1, 0.15) is 33.2 Å². The number of nitrogens with zero attached hydrogens (tertiary/aromatic N) is 1. The third kappa shape index (κ3) is 5.63. The Hall–Kier alpha value is -3.35. The fraction of sp³-hybridized carbons (Fsp3) is 0.0870. The SMILES string of the molecule is COc1ccccc1C(=O)N/N=C(/C)c1ccc(NC(=O)c2ccc(Cl)cc2Cl)cc1. The van der Waals surface area contributed by atoms with Gasteiger partial charge in [0.15, 0.2) is 0 Å². The average molecular weight is 456 g/mol. The molecular weight excluding hydrogens is 437 g/mol. The fourth-order valence-corrected chi connectivity index (χ4v) is 3.25. The number of hydrogen-bond donors (Lipinski definition) is 2. The largest absolute Gasteiger partial charge is 0.496 e. The monoisotopic (exact) mass is 455 g/mol. The quantitative estimate of drug-likeness (QED) is 0.385.